The Morgan fingerprint density at radius 3 is 2.26 bits per heavy atom. The number of nitrogens with zero attached hydrogens (tertiary/aromatic N) is 1. The SMILES string of the molecule is COc1ccc(NC(=O)CN2C(=O)S/C(=C/c3ccc(OCC(=O)Nc4ccc(F)cc4)c(Cl)c3)C2=O)cc1. The Balaban J connectivity index is 1.33. The number of hydrogen-bond donors (Lipinski definition) is 2. The summed E-state index contributed by atoms with van der Waals surface area (Å²) >= 11 is 6.98. The predicted molar refractivity (Wildman–Crippen MR) is 146 cm³/mol. The van der Waals surface area contributed by atoms with Crippen LogP contribution in [0.3, 0.4) is 0 Å². The molecule has 12 heteroatoms. The monoisotopic (exact) mass is 569 g/mol. The van der Waals surface area contributed by atoms with Gasteiger partial charge in [0.15, 0.2) is 6.61 Å². The Bertz CT molecular complexity index is 1450. The van der Waals surface area contributed by atoms with Crippen LogP contribution in [-0.4, -0.2) is 48.1 Å². The molecule has 0 aromatic heterocycles. The predicted octanol–water partition coefficient (Wildman–Crippen LogP) is 5.18. The lowest BCUT2D eigenvalue weighted by molar-refractivity contribution is -0.127. The summed E-state index contributed by atoms with van der Waals surface area (Å²) in [4.78, 5) is 50.7. The lowest BCUT2D eigenvalue weighted by Crippen LogP contribution is -2.36. The van der Waals surface area contributed by atoms with Crippen LogP contribution in [0.2, 0.25) is 5.02 Å². The number of halogens is 2. The summed E-state index contributed by atoms with van der Waals surface area (Å²) in [5.74, 6) is -1.18. The van der Waals surface area contributed by atoms with E-state index in [1.54, 1.807) is 30.3 Å². The number of carbonyl (C=O) groups is 4. The highest BCUT2D eigenvalue weighted by atomic mass is 35.5. The fraction of sp³-hybridized carbons (Fsp3) is 0.111. The Labute approximate surface area is 231 Å². The molecule has 0 unspecified atom stereocenters. The molecule has 0 atom stereocenters. The highest BCUT2D eigenvalue weighted by molar-refractivity contribution is 8.18. The molecule has 4 amide bonds. The van der Waals surface area contributed by atoms with E-state index in [2.05, 4.69) is 10.6 Å². The molecule has 0 saturated carbocycles. The van der Waals surface area contributed by atoms with Crippen LogP contribution in [0.4, 0.5) is 20.6 Å². The molecule has 0 radical (unpaired) electrons. The molecule has 9 nitrogen and oxygen atoms in total. The zero-order chi connectivity index (χ0) is 27.9. The first kappa shape index (κ1) is 27.7. The van der Waals surface area contributed by atoms with Gasteiger partial charge in [-0.1, -0.05) is 17.7 Å². The Morgan fingerprint density at radius 1 is 0.974 bits per heavy atom. The van der Waals surface area contributed by atoms with Gasteiger partial charge in [-0.3, -0.25) is 24.1 Å². The van der Waals surface area contributed by atoms with Crippen molar-refractivity contribution in [1.82, 2.24) is 4.90 Å². The van der Waals surface area contributed by atoms with E-state index in [0.717, 1.165) is 4.90 Å². The van der Waals surface area contributed by atoms with Crippen molar-refractivity contribution >= 4 is 63.8 Å². The van der Waals surface area contributed by atoms with E-state index in [1.165, 1.54) is 49.6 Å². The van der Waals surface area contributed by atoms with E-state index in [0.29, 0.717) is 34.4 Å². The third-order valence-corrected chi connectivity index (χ3v) is 6.49. The molecule has 1 saturated heterocycles. The number of anilines is 2. The number of rotatable bonds is 9. The van der Waals surface area contributed by atoms with E-state index < -0.39 is 35.3 Å². The summed E-state index contributed by atoms with van der Waals surface area (Å²) in [6.07, 6.45) is 1.48. The van der Waals surface area contributed by atoms with Crippen molar-refractivity contribution in [2.75, 3.05) is 30.9 Å². The molecule has 3 aromatic rings. The second-order valence-corrected chi connectivity index (χ2v) is 9.48. The van der Waals surface area contributed by atoms with Gasteiger partial charge in [0.05, 0.1) is 17.0 Å². The second-order valence-electron chi connectivity index (χ2n) is 8.08. The van der Waals surface area contributed by atoms with Gasteiger partial charge in [0, 0.05) is 11.4 Å². The van der Waals surface area contributed by atoms with Crippen molar-refractivity contribution in [2.24, 2.45) is 0 Å². The smallest absolute Gasteiger partial charge is 0.294 e. The van der Waals surface area contributed by atoms with Crippen molar-refractivity contribution in [3.05, 3.63) is 88.0 Å². The number of imide groups is 1. The largest absolute Gasteiger partial charge is 0.497 e. The van der Waals surface area contributed by atoms with Gasteiger partial charge in [-0.25, -0.2) is 4.39 Å². The molecule has 39 heavy (non-hydrogen) atoms. The molecule has 200 valence electrons. The molecule has 0 aliphatic carbocycles. The summed E-state index contributed by atoms with van der Waals surface area (Å²) in [5, 5.41) is 4.80. The van der Waals surface area contributed by atoms with Gasteiger partial charge < -0.3 is 20.1 Å². The van der Waals surface area contributed by atoms with E-state index in [9.17, 15) is 23.6 Å². The van der Waals surface area contributed by atoms with Crippen molar-refractivity contribution in [2.45, 2.75) is 0 Å². The Hall–Kier alpha value is -4.35. The molecule has 1 heterocycles. The van der Waals surface area contributed by atoms with Gasteiger partial charge in [0.25, 0.3) is 17.1 Å². The summed E-state index contributed by atoms with van der Waals surface area (Å²) < 4.78 is 23.5. The fourth-order valence-electron chi connectivity index (χ4n) is 3.40. The minimum atomic E-state index is -0.608. The minimum absolute atomic E-state index is 0.126. The maximum atomic E-state index is 13.0. The normalized spacial score (nSPS) is 13.9. The van der Waals surface area contributed by atoms with E-state index in [-0.39, 0.29) is 22.3 Å². The number of nitrogens with one attached hydrogen (secondary N) is 2. The standard InChI is InChI=1S/C27H21ClFN3O6S/c1-37-20-9-7-19(8-10-20)30-24(33)14-32-26(35)23(39-27(32)36)13-16-2-11-22(21(28)12-16)38-15-25(34)31-18-5-3-17(29)4-6-18/h2-13H,14-15H2,1H3,(H,30,33)(H,31,34)/b23-13+. The van der Waals surface area contributed by atoms with Crippen LogP contribution in [0.15, 0.2) is 71.6 Å². The van der Waals surface area contributed by atoms with Crippen molar-refractivity contribution in [1.29, 1.82) is 0 Å². The maximum Gasteiger partial charge on any atom is 0.294 e. The zero-order valence-corrected chi connectivity index (χ0v) is 22.0. The number of ether oxygens (including phenoxy) is 2. The van der Waals surface area contributed by atoms with Crippen LogP contribution < -0.4 is 20.1 Å². The first-order chi connectivity index (χ1) is 18.7. The van der Waals surface area contributed by atoms with Crippen molar-refractivity contribution in [3.8, 4) is 11.5 Å². The van der Waals surface area contributed by atoms with Gasteiger partial charge in [-0.05, 0) is 84.1 Å². The van der Waals surface area contributed by atoms with E-state index in [4.69, 9.17) is 21.1 Å². The highest BCUT2D eigenvalue weighted by Crippen LogP contribution is 2.34. The molecule has 3 aromatic carbocycles. The fourth-order valence-corrected chi connectivity index (χ4v) is 4.49. The van der Waals surface area contributed by atoms with Gasteiger partial charge in [-0.2, -0.15) is 0 Å². The van der Waals surface area contributed by atoms with Crippen LogP contribution in [-0.2, 0) is 14.4 Å². The summed E-state index contributed by atoms with van der Waals surface area (Å²) in [7, 11) is 1.52. The number of amides is 4. The van der Waals surface area contributed by atoms with Crippen LogP contribution in [0.25, 0.3) is 6.08 Å². The molecule has 0 bridgehead atoms. The molecular formula is C27H21ClFN3O6S. The first-order valence-electron chi connectivity index (χ1n) is 11.4. The number of thioether (sulfide) groups is 1. The lowest BCUT2D eigenvalue weighted by atomic mass is 10.2. The maximum absolute atomic E-state index is 13.0. The van der Waals surface area contributed by atoms with Crippen LogP contribution >= 0.6 is 23.4 Å². The van der Waals surface area contributed by atoms with Crippen LogP contribution in [0, 0.1) is 5.82 Å². The molecule has 1 aliphatic heterocycles. The molecule has 1 aliphatic rings. The lowest BCUT2D eigenvalue weighted by Gasteiger charge is -2.12. The summed E-state index contributed by atoms with van der Waals surface area (Å²) in [6.45, 7) is -0.782. The van der Waals surface area contributed by atoms with E-state index in [1.807, 2.05) is 0 Å². The summed E-state index contributed by atoms with van der Waals surface area (Å²) in [5.41, 5.74) is 1.42. The Morgan fingerprint density at radius 2 is 1.62 bits per heavy atom. The van der Waals surface area contributed by atoms with Crippen molar-refractivity contribution < 1.29 is 33.0 Å². The number of methoxy groups -OCH3 is 1. The van der Waals surface area contributed by atoms with Gasteiger partial charge in [0.1, 0.15) is 23.9 Å². The first-order valence-corrected chi connectivity index (χ1v) is 12.6. The third kappa shape index (κ3) is 7.37. The van der Waals surface area contributed by atoms with E-state index >= 15 is 0 Å². The van der Waals surface area contributed by atoms with Crippen LogP contribution in [0.5, 0.6) is 11.5 Å². The molecule has 0 spiro atoms. The molecular weight excluding hydrogens is 549 g/mol. The second kappa shape index (κ2) is 12.5. The van der Waals surface area contributed by atoms with Gasteiger partial charge in [0.2, 0.25) is 5.91 Å². The van der Waals surface area contributed by atoms with Gasteiger partial charge in [-0.15, -0.1) is 0 Å². The number of hydrogen-bond acceptors (Lipinski definition) is 7. The number of benzene rings is 3. The minimum Gasteiger partial charge on any atom is -0.497 e. The Kier molecular flexibility index (Phi) is 8.84. The molecule has 1 fully saturated rings. The van der Waals surface area contributed by atoms with Crippen molar-refractivity contribution in [3.63, 3.8) is 0 Å². The number of carbonyl (C=O) groups excluding carboxylic acids is 4. The van der Waals surface area contributed by atoms with Crippen LogP contribution in [0.1, 0.15) is 5.56 Å². The average Bonchev–Trinajstić information content (AvgIpc) is 3.17. The summed E-state index contributed by atoms with van der Waals surface area (Å²) in [6, 6.07) is 16.5. The topological polar surface area (TPSA) is 114 Å². The molecule has 2 N–H and O–H groups in total. The highest BCUT2D eigenvalue weighted by Gasteiger charge is 2.36. The third-order valence-electron chi connectivity index (χ3n) is 5.29. The van der Waals surface area contributed by atoms with Gasteiger partial charge >= 0.3 is 0 Å². The zero-order valence-electron chi connectivity index (χ0n) is 20.4. The average molecular weight is 570 g/mol. The quantitative estimate of drug-likeness (QED) is 0.341. The molecule has 4 rings (SSSR count).